The minimum absolute atomic E-state index is 0.262. The Kier molecular flexibility index (Phi) is 5.70. The zero-order valence-electron chi connectivity index (χ0n) is 12.1. The van der Waals surface area contributed by atoms with Crippen LogP contribution in [-0.2, 0) is 0 Å². The molecule has 0 amide bonds. The standard InChI is InChI=1S/C15H25NOS/c1-11-6-7-12(2)14(8-11)13(3)16-9-15(4,17)10-18-5/h6-8,13,16-17H,9-10H2,1-5H3. The van der Waals surface area contributed by atoms with Crippen LogP contribution in [0.25, 0.3) is 0 Å². The normalized spacial score (nSPS) is 16.3. The van der Waals surface area contributed by atoms with Gasteiger partial charge in [-0.2, -0.15) is 11.8 Å². The highest BCUT2D eigenvalue weighted by Crippen LogP contribution is 2.20. The van der Waals surface area contributed by atoms with Crippen LogP contribution in [0.3, 0.4) is 0 Å². The van der Waals surface area contributed by atoms with Crippen LogP contribution >= 0.6 is 11.8 Å². The molecule has 0 aliphatic heterocycles. The zero-order chi connectivity index (χ0) is 13.8. The zero-order valence-corrected chi connectivity index (χ0v) is 12.9. The Hall–Kier alpha value is -0.510. The average molecular weight is 267 g/mol. The first-order valence-corrected chi connectivity index (χ1v) is 7.77. The van der Waals surface area contributed by atoms with E-state index >= 15 is 0 Å². The van der Waals surface area contributed by atoms with Crippen molar-refractivity contribution < 1.29 is 5.11 Å². The largest absolute Gasteiger partial charge is 0.388 e. The summed E-state index contributed by atoms with van der Waals surface area (Å²) in [6, 6.07) is 6.77. The fourth-order valence-electron chi connectivity index (χ4n) is 2.07. The first kappa shape index (κ1) is 15.5. The second-order valence-corrected chi connectivity index (χ2v) is 6.26. The summed E-state index contributed by atoms with van der Waals surface area (Å²) in [5, 5.41) is 13.6. The van der Waals surface area contributed by atoms with Crippen LogP contribution in [-0.4, -0.2) is 29.3 Å². The van der Waals surface area contributed by atoms with E-state index in [2.05, 4.69) is 44.3 Å². The third kappa shape index (κ3) is 4.63. The molecule has 0 saturated heterocycles. The molecular formula is C15H25NOS. The van der Waals surface area contributed by atoms with E-state index in [4.69, 9.17) is 0 Å². The van der Waals surface area contributed by atoms with Crippen LogP contribution in [0.4, 0.5) is 0 Å². The van der Waals surface area contributed by atoms with Crippen LogP contribution in [0.1, 0.15) is 36.6 Å². The predicted molar refractivity (Wildman–Crippen MR) is 81.3 cm³/mol. The molecule has 2 unspecified atom stereocenters. The summed E-state index contributed by atoms with van der Waals surface area (Å²) in [5.74, 6) is 0.750. The lowest BCUT2D eigenvalue weighted by Crippen LogP contribution is -2.41. The number of aryl methyl sites for hydroxylation is 2. The molecule has 2 N–H and O–H groups in total. The van der Waals surface area contributed by atoms with Gasteiger partial charge in [0.15, 0.2) is 0 Å². The number of rotatable bonds is 6. The molecular weight excluding hydrogens is 242 g/mol. The predicted octanol–water partition coefficient (Wildman–Crippen LogP) is 3.07. The van der Waals surface area contributed by atoms with Gasteiger partial charge >= 0.3 is 0 Å². The van der Waals surface area contributed by atoms with Gasteiger partial charge in [0.1, 0.15) is 0 Å². The first-order valence-electron chi connectivity index (χ1n) is 6.37. The van der Waals surface area contributed by atoms with Gasteiger partial charge in [-0.05, 0) is 45.1 Å². The Morgan fingerprint density at radius 3 is 2.67 bits per heavy atom. The molecule has 0 saturated carbocycles. The maximum atomic E-state index is 10.2. The SMILES string of the molecule is CSCC(C)(O)CNC(C)c1cc(C)ccc1C. The molecule has 1 aromatic rings. The van der Waals surface area contributed by atoms with E-state index in [1.165, 1.54) is 16.7 Å². The minimum atomic E-state index is -0.647. The Morgan fingerprint density at radius 1 is 1.39 bits per heavy atom. The van der Waals surface area contributed by atoms with Gasteiger partial charge in [0.05, 0.1) is 5.60 Å². The molecule has 1 aromatic carbocycles. The number of aliphatic hydroxyl groups is 1. The fraction of sp³-hybridized carbons (Fsp3) is 0.600. The topological polar surface area (TPSA) is 32.3 Å². The van der Waals surface area contributed by atoms with E-state index in [0.29, 0.717) is 6.54 Å². The van der Waals surface area contributed by atoms with Crippen LogP contribution in [0, 0.1) is 13.8 Å². The highest BCUT2D eigenvalue weighted by atomic mass is 32.2. The fourth-order valence-corrected chi connectivity index (χ4v) is 2.80. The Morgan fingerprint density at radius 2 is 2.06 bits per heavy atom. The van der Waals surface area contributed by atoms with Gasteiger partial charge in [0.2, 0.25) is 0 Å². The highest BCUT2D eigenvalue weighted by molar-refractivity contribution is 7.98. The van der Waals surface area contributed by atoms with Gasteiger partial charge in [-0.15, -0.1) is 0 Å². The second kappa shape index (κ2) is 6.60. The number of thioether (sulfide) groups is 1. The summed E-state index contributed by atoms with van der Waals surface area (Å²) in [4.78, 5) is 0. The molecule has 3 heteroatoms. The van der Waals surface area contributed by atoms with Gasteiger partial charge in [-0.1, -0.05) is 23.8 Å². The Balaban J connectivity index is 2.65. The lowest BCUT2D eigenvalue weighted by molar-refractivity contribution is 0.0820. The van der Waals surface area contributed by atoms with Gasteiger partial charge in [-0.3, -0.25) is 0 Å². The molecule has 0 aliphatic carbocycles. The van der Waals surface area contributed by atoms with Crippen molar-refractivity contribution in [1.82, 2.24) is 5.32 Å². The average Bonchev–Trinajstić information content (AvgIpc) is 2.29. The number of nitrogens with one attached hydrogen (secondary N) is 1. The maximum absolute atomic E-state index is 10.2. The van der Waals surface area contributed by atoms with Crippen LogP contribution in [0.15, 0.2) is 18.2 Å². The Bertz CT molecular complexity index is 390. The molecule has 0 aromatic heterocycles. The molecule has 2 nitrogen and oxygen atoms in total. The van der Waals surface area contributed by atoms with E-state index in [1.807, 2.05) is 13.2 Å². The molecule has 102 valence electrons. The van der Waals surface area contributed by atoms with Crippen molar-refractivity contribution in [2.75, 3.05) is 18.6 Å². The van der Waals surface area contributed by atoms with Crippen molar-refractivity contribution >= 4 is 11.8 Å². The molecule has 0 aliphatic rings. The minimum Gasteiger partial charge on any atom is -0.388 e. The number of hydrogen-bond acceptors (Lipinski definition) is 3. The molecule has 18 heavy (non-hydrogen) atoms. The quantitative estimate of drug-likeness (QED) is 0.831. The van der Waals surface area contributed by atoms with Crippen molar-refractivity contribution in [1.29, 1.82) is 0 Å². The van der Waals surface area contributed by atoms with Crippen LogP contribution < -0.4 is 5.32 Å². The lowest BCUT2D eigenvalue weighted by Gasteiger charge is -2.26. The van der Waals surface area contributed by atoms with Crippen molar-refractivity contribution in [3.63, 3.8) is 0 Å². The Labute approximate surface area is 115 Å². The third-order valence-corrected chi connectivity index (χ3v) is 4.06. The molecule has 1 rings (SSSR count). The monoisotopic (exact) mass is 267 g/mol. The molecule has 2 atom stereocenters. The van der Waals surface area contributed by atoms with E-state index < -0.39 is 5.60 Å². The highest BCUT2D eigenvalue weighted by Gasteiger charge is 2.20. The maximum Gasteiger partial charge on any atom is 0.0833 e. The summed E-state index contributed by atoms with van der Waals surface area (Å²) < 4.78 is 0. The molecule has 0 radical (unpaired) electrons. The number of hydrogen-bond donors (Lipinski definition) is 2. The van der Waals surface area contributed by atoms with Gasteiger partial charge in [0, 0.05) is 18.3 Å². The lowest BCUT2D eigenvalue weighted by atomic mass is 9.99. The van der Waals surface area contributed by atoms with E-state index in [0.717, 1.165) is 5.75 Å². The molecule has 0 bridgehead atoms. The van der Waals surface area contributed by atoms with Crippen molar-refractivity contribution in [2.24, 2.45) is 0 Å². The molecule has 0 spiro atoms. The molecule has 0 fully saturated rings. The van der Waals surface area contributed by atoms with E-state index in [9.17, 15) is 5.11 Å². The van der Waals surface area contributed by atoms with E-state index in [-0.39, 0.29) is 6.04 Å². The summed E-state index contributed by atoms with van der Waals surface area (Å²) in [5.41, 5.74) is 3.24. The third-order valence-electron chi connectivity index (χ3n) is 3.15. The van der Waals surface area contributed by atoms with Crippen LogP contribution in [0.5, 0.6) is 0 Å². The van der Waals surface area contributed by atoms with Crippen molar-refractivity contribution in [3.05, 3.63) is 34.9 Å². The van der Waals surface area contributed by atoms with Gasteiger partial charge in [-0.25, -0.2) is 0 Å². The first-order chi connectivity index (χ1) is 8.35. The van der Waals surface area contributed by atoms with Gasteiger partial charge in [0.25, 0.3) is 0 Å². The van der Waals surface area contributed by atoms with Crippen LogP contribution in [0.2, 0.25) is 0 Å². The number of benzene rings is 1. The summed E-state index contributed by atoms with van der Waals surface area (Å²) in [7, 11) is 0. The van der Waals surface area contributed by atoms with Crippen molar-refractivity contribution in [2.45, 2.75) is 39.3 Å². The smallest absolute Gasteiger partial charge is 0.0833 e. The second-order valence-electron chi connectivity index (χ2n) is 5.39. The van der Waals surface area contributed by atoms with Gasteiger partial charge < -0.3 is 10.4 Å². The van der Waals surface area contributed by atoms with Crippen molar-refractivity contribution in [3.8, 4) is 0 Å². The summed E-state index contributed by atoms with van der Waals surface area (Å²) >= 11 is 1.67. The molecule has 0 heterocycles. The summed E-state index contributed by atoms with van der Waals surface area (Å²) in [6.07, 6.45) is 2.02. The summed E-state index contributed by atoms with van der Waals surface area (Å²) in [6.45, 7) is 8.89. The van der Waals surface area contributed by atoms with E-state index in [1.54, 1.807) is 11.8 Å².